The number of phosphoric acid groups is 2. The molecule has 2 aliphatic heterocycles. The van der Waals surface area contributed by atoms with E-state index in [4.69, 9.17) is 28.0 Å². The smallest absolute Gasteiger partial charge is 0.394 e. The lowest BCUT2D eigenvalue weighted by molar-refractivity contribution is -0.331. The van der Waals surface area contributed by atoms with E-state index in [1.165, 1.54) is 75.7 Å². The Morgan fingerprint density at radius 2 is 0.755 bits per heavy atom. The van der Waals surface area contributed by atoms with Gasteiger partial charge in [-0.3, -0.25) is 23.4 Å². The summed E-state index contributed by atoms with van der Waals surface area (Å²) in [6, 6.07) is -3.23. The quantitative estimate of drug-likeness (QED) is 0.0207. The average molecular weight is 1420 g/mol. The fourth-order valence-electron chi connectivity index (χ4n) is 11.0. The fraction of sp³-hybridized carbons (Fsp3) is 0.671. The molecular formula is C76H128N2O18P2. The van der Waals surface area contributed by atoms with Gasteiger partial charge in [-0.05, 0) is 225 Å². The van der Waals surface area contributed by atoms with E-state index in [-0.39, 0.29) is 7.43 Å². The molecule has 0 saturated carbocycles. The van der Waals surface area contributed by atoms with Crippen LogP contribution in [0.2, 0.25) is 0 Å². The van der Waals surface area contributed by atoms with Gasteiger partial charge in [-0.15, -0.1) is 0 Å². The predicted molar refractivity (Wildman–Crippen MR) is 392 cm³/mol. The average Bonchev–Trinajstić information content (AvgIpc) is 0.770. The molecule has 2 unspecified atom stereocenters. The third kappa shape index (κ3) is 39.8. The summed E-state index contributed by atoms with van der Waals surface area (Å²) in [7, 11) is -11.0. The van der Waals surface area contributed by atoms with E-state index in [0.717, 1.165) is 135 Å². The second-order valence-electron chi connectivity index (χ2n) is 26.9. The van der Waals surface area contributed by atoms with Gasteiger partial charge >= 0.3 is 15.6 Å². The number of aliphatic hydroxyl groups is 4. The Balaban J connectivity index is 0.0000480. The monoisotopic (exact) mass is 1420 g/mol. The van der Waals surface area contributed by atoms with Gasteiger partial charge in [-0.1, -0.05) is 136 Å². The summed E-state index contributed by atoms with van der Waals surface area (Å²) in [6.45, 7) is 28.6. The lowest BCUT2D eigenvalue weighted by atomic mass is 9.94. The highest BCUT2D eigenvalue weighted by atomic mass is 31.3. The number of hydrogen-bond acceptors (Lipinski definition) is 16. The summed E-state index contributed by atoms with van der Waals surface area (Å²) >= 11 is 0. The summed E-state index contributed by atoms with van der Waals surface area (Å²) < 4.78 is 64.9. The molecule has 0 bridgehead atoms. The van der Waals surface area contributed by atoms with Crippen molar-refractivity contribution in [2.24, 2.45) is 0 Å². The molecule has 0 radical (unpaired) electrons. The van der Waals surface area contributed by atoms with Gasteiger partial charge < -0.3 is 59.8 Å². The third-order valence-corrected chi connectivity index (χ3v) is 19.8. The zero-order chi connectivity index (χ0) is 72.8. The van der Waals surface area contributed by atoms with Gasteiger partial charge in [-0.25, -0.2) is 9.13 Å². The Kier molecular flexibility index (Phi) is 46.2. The Bertz CT molecular complexity index is 2890. The number of ketones is 1. The zero-order valence-electron chi connectivity index (χ0n) is 61.4. The van der Waals surface area contributed by atoms with Crippen LogP contribution in [0.5, 0.6) is 0 Å². The Morgan fingerprint density at radius 1 is 0.439 bits per heavy atom. The van der Waals surface area contributed by atoms with E-state index in [1.807, 2.05) is 0 Å². The first-order chi connectivity index (χ1) is 45.6. The third-order valence-electron chi connectivity index (χ3n) is 17.2. The molecule has 13 atom stereocenters. The van der Waals surface area contributed by atoms with Crippen molar-refractivity contribution >= 4 is 33.2 Å². The SMILES string of the molecule is C.CC(=O)N[C@H]1[C@@H](O[C@H]2[C@H](O[C@H](C)C(C)=O)[C@@H](NC(C)=O)[C@@H](OP(=O)(O)OP(=O)(O)OC/C=C(/C)CC/C=C(/C)CC/C=C(/C)CC/C=C(/C)CC/C=C(/C)CC/C=C(/C)CC/C=C(/C)CC/C=C(\C)CC/C=C(\C)CC/C=C(\C)CCC=C(C)C)O[C@@H]2CO)O[C@H](CO)[C@@H](O)[C@@H]1O. The van der Waals surface area contributed by atoms with Crippen molar-refractivity contribution in [2.45, 2.75) is 314 Å². The number of ether oxygens (including phenoxy) is 4. The highest BCUT2D eigenvalue weighted by Gasteiger charge is 2.55. The summed E-state index contributed by atoms with van der Waals surface area (Å²) in [5.74, 6) is -2.03. The Morgan fingerprint density at radius 3 is 1.07 bits per heavy atom. The maximum atomic E-state index is 13.5. The maximum Gasteiger partial charge on any atom is 0.483 e. The molecule has 8 N–H and O–H groups in total. The van der Waals surface area contributed by atoms with Gasteiger partial charge in [-0.2, -0.15) is 4.31 Å². The van der Waals surface area contributed by atoms with Crippen LogP contribution in [0.4, 0.5) is 0 Å². The minimum absolute atomic E-state index is 0. The normalized spacial score (nSPS) is 24.5. The maximum absolute atomic E-state index is 13.5. The summed E-state index contributed by atoms with van der Waals surface area (Å²) in [5.41, 5.74) is 15.1. The predicted octanol–water partition coefficient (Wildman–Crippen LogP) is 16.0. The van der Waals surface area contributed by atoms with Crippen LogP contribution >= 0.6 is 15.6 Å². The van der Waals surface area contributed by atoms with Crippen molar-refractivity contribution in [3.05, 3.63) is 128 Å². The van der Waals surface area contributed by atoms with Gasteiger partial charge in [0.05, 0.1) is 19.8 Å². The largest absolute Gasteiger partial charge is 0.483 e. The van der Waals surface area contributed by atoms with Crippen molar-refractivity contribution in [1.82, 2.24) is 10.6 Å². The molecule has 2 heterocycles. The van der Waals surface area contributed by atoms with E-state index in [0.29, 0.717) is 12.8 Å². The van der Waals surface area contributed by atoms with E-state index >= 15 is 0 Å². The highest BCUT2D eigenvalue weighted by Crippen LogP contribution is 2.61. The van der Waals surface area contributed by atoms with Crippen molar-refractivity contribution in [1.29, 1.82) is 0 Å². The number of carbonyl (C=O) groups is 3. The highest BCUT2D eigenvalue weighted by molar-refractivity contribution is 7.61. The van der Waals surface area contributed by atoms with Crippen LogP contribution in [0.15, 0.2) is 128 Å². The fourth-order valence-corrected chi connectivity index (χ4v) is 13.1. The molecule has 0 aromatic carbocycles. The number of nitrogens with one attached hydrogen (secondary N) is 2. The topological polar surface area (TPSA) is 295 Å². The number of hydrogen-bond donors (Lipinski definition) is 8. The van der Waals surface area contributed by atoms with Gasteiger partial charge in [0.1, 0.15) is 54.8 Å². The number of Topliss-reactive ketones (excluding diaryl/α,β-unsaturated/α-hetero) is 1. The van der Waals surface area contributed by atoms with Crippen molar-refractivity contribution in [2.75, 3.05) is 19.8 Å². The molecule has 0 spiro atoms. The van der Waals surface area contributed by atoms with E-state index in [2.05, 4.69) is 152 Å². The number of aliphatic hydroxyl groups excluding tert-OH is 4. The van der Waals surface area contributed by atoms with Crippen molar-refractivity contribution in [3.8, 4) is 0 Å². The molecule has 2 fully saturated rings. The first-order valence-corrected chi connectivity index (χ1v) is 37.8. The van der Waals surface area contributed by atoms with Crippen molar-refractivity contribution < 1.29 is 86.0 Å². The number of allylic oxidation sites excluding steroid dienone is 21. The number of rotatable bonds is 46. The minimum Gasteiger partial charge on any atom is -0.394 e. The van der Waals surface area contributed by atoms with Crippen LogP contribution in [0.25, 0.3) is 0 Å². The van der Waals surface area contributed by atoms with Crippen LogP contribution in [-0.2, 0) is 55.8 Å². The molecule has 2 saturated heterocycles. The van der Waals surface area contributed by atoms with Crippen LogP contribution in [-0.4, -0.2) is 135 Å². The van der Waals surface area contributed by atoms with Crippen LogP contribution in [0.1, 0.15) is 247 Å². The lowest BCUT2D eigenvalue weighted by Crippen LogP contribution is -2.70. The van der Waals surface area contributed by atoms with Crippen LogP contribution in [0, 0.1) is 0 Å². The van der Waals surface area contributed by atoms with E-state index in [1.54, 1.807) is 6.92 Å². The molecule has 0 aromatic heterocycles. The molecule has 2 amide bonds. The Labute approximate surface area is 589 Å². The number of carbonyl (C=O) groups excluding carboxylic acids is 3. The zero-order valence-corrected chi connectivity index (χ0v) is 63.2. The standard InChI is InChI=1S/C75H124N2O18P2.CH4/c1-51(2)27-17-28-52(3)29-18-30-53(4)31-19-32-54(5)33-20-34-55(6)35-21-36-56(7)37-22-38-57(8)39-23-40-58(9)41-24-42-59(10)43-25-44-60(11)45-26-46-61(12)47-48-89-96(85,86)95-97(87,88)94-75-69(77-65(16)82)73(90-63(14)62(13)80)72(67(50-79)92-75)93-74-68(76-64(15)81)71(84)70(83)66(49-78)91-74;/h27,29,31,33,35,37,39,41,43,45,47,63,66-75,78-79,83-84H,17-26,28,30,32,34,36,38,40,42,44,46,48-50H2,1-16H3,(H,76,81)(H,77,82)(H,85,86)(H,87,88);1H4/b52-29+,53-31+,54-33+,55-35-,56-37-,57-39-,58-41-,59-43-,60-45-,61-47-;/t63-,66-,67-,68-,69-,70-,71-,72-,73-,74-,75-;/m1./s1. The molecule has 0 aliphatic carbocycles. The van der Waals surface area contributed by atoms with Crippen molar-refractivity contribution in [3.63, 3.8) is 0 Å². The molecule has 0 aromatic rings. The number of phosphoric ester groups is 2. The summed E-state index contributed by atoms with van der Waals surface area (Å²) in [5, 5.41) is 46.7. The summed E-state index contributed by atoms with van der Waals surface area (Å²) in [4.78, 5) is 58.7. The minimum atomic E-state index is -5.69. The molecule has 560 valence electrons. The summed E-state index contributed by atoms with van der Waals surface area (Å²) in [6.07, 6.45) is 30.9. The molecule has 2 aliphatic rings. The second-order valence-corrected chi connectivity index (χ2v) is 29.9. The van der Waals surface area contributed by atoms with Gasteiger partial charge in [0.2, 0.25) is 11.8 Å². The molecule has 20 nitrogen and oxygen atoms in total. The number of amides is 2. The first kappa shape index (κ1) is 91.7. The lowest BCUT2D eigenvalue weighted by Gasteiger charge is -2.49. The van der Waals surface area contributed by atoms with E-state index < -0.39 is 120 Å². The first-order valence-electron chi connectivity index (χ1n) is 34.8. The van der Waals surface area contributed by atoms with Crippen LogP contribution < -0.4 is 10.6 Å². The molecule has 22 heteroatoms. The molecule has 2 rings (SSSR count). The van der Waals surface area contributed by atoms with Gasteiger partial charge in [0.15, 0.2) is 18.4 Å². The van der Waals surface area contributed by atoms with Gasteiger partial charge in [0.25, 0.3) is 0 Å². The van der Waals surface area contributed by atoms with Crippen LogP contribution in [0.3, 0.4) is 0 Å². The second kappa shape index (κ2) is 49.3. The van der Waals surface area contributed by atoms with Gasteiger partial charge in [0, 0.05) is 13.8 Å². The molecule has 98 heavy (non-hydrogen) atoms. The Hall–Kier alpha value is -4.31. The van der Waals surface area contributed by atoms with E-state index in [9.17, 15) is 53.7 Å². The molecular weight excluding hydrogens is 1290 g/mol.